The number of benzene rings is 1. The normalized spacial score (nSPS) is 17.8. The van der Waals surface area contributed by atoms with E-state index in [2.05, 4.69) is 4.90 Å². The summed E-state index contributed by atoms with van der Waals surface area (Å²) in [5.74, 6) is -1.05. The van der Waals surface area contributed by atoms with Crippen LogP contribution in [0.25, 0.3) is 0 Å². The Kier molecular flexibility index (Phi) is 4.88. The second-order valence-corrected chi connectivity index (χ2v) is 7.45. The summed E-state index contributed by atoms with van der Waals surface area (Å²) < 4.78 is 24.3. The molecule has 116 valence electrons. The number of aromatic carboxylic acids is 1. The minimum Gasteiger partial charge on any atom is -0.478 e. The van der Waals surface area contributed by atoms with Gasteiger partial charge in [-0.15, -0.1) is 0 Å². The number of hydrogen-bond acceptors (Lipinski definition) is 4. The molecule has 0 saturated carbocycles. The van der Waals surface area contributed by atoms with Crippen LogP contribution in [0.5, 0.6) is 0 Å². The Balaban J connectivity index is 1.98. The maximum atomic E-state index is 11.4. The summed E-state index contributed by atoms with van der Waals surface area (Å²) in [4.78, 5) is 13.0. The first-order valence-corrected chi connectivity index (χ1v) is 8.69. The largest absolute Gasteiger partial charge is 0.478 e. The molecular weight excluding hydrogens is 316 g/mol. The fraction of sp³-hybridized carbons (Fsp3) is 0.462. The van der Waals surface area contributed by atoms with E-state index < -0.39 is 16.0 Å². The smallest absolute Gasteiger partial charge is 0.337 e. The number of rotatable bonds is 4. The molecule has 0 atom stereocenters. The lowest BCUT2D eigenvalue weighted by Gasteiger charge is -2.33. The summed E-state index contributed by atoms with van der Waals surface area (Å²) in [6.45, 7) is 2.85. The lowest BCUT2D eigenvalue weighted by molar-refractivity contribution is 0.0697. The van der Waals surface area contributed by atoms with Crippen molar-refractivity contribution in [3.63, 3.8) is 0 Å². The number of piperazine rings is 1. The number of sulfonamides is 1. The van der Waals surface area contributed by atoms with Crippen molar-refractivity contribution >= 4 is 27.6 Å². The van der Waals surface area contributed by atoms with E-state index in [0.29, 0.717) is 32.7 Å². The third-order valence-corrected chi connectivity index (χ3v) is 5.09. The number of halogens is 1. The second kappa shape index (κ2) is 6.31. The first-order valence-electron chi connectivity index (χ1n) is 6.46. The molecule has 0 aliphatic carbocycles. The van der Waals surface area contributed by atoms with Crippen LogP contribution in [0, 0.1) is 0 Å². The molecule has 0 unspecified atom stereocenters. The Labute approximate surface area is 129 Å². The minimum absolute atomic E-state index is 0.0855. The van der Waals surface area contributed by atoms with Gasteiger partial charge in [-0.3, -0.25) is 4.90 Å². The lowest BCUT2D eigenvalue weighted by atomic mass is 10.1. The molecule has 0 radical (unpaired) electrons. The van der Waals surface area contributed by atoms with Crippen LogP contribution in [0.4, 0.5) is 0 Å². The molecule has 2 rings (SSSR count). The van der Waals surface area contributed by atoms with Gasteiger partial charge in [0.05, 0.1) is 16.8 Å². The maximum Gasteiger partial charge on any atom is 0.337 e. The molecule has 1 aromatic rings. The number of carboxylic acids is 1. The van der Waals surface area contributed by atoms with Crippen LogP contribution in [0.3, 0.4) is 0 Å². The summed E-state index contributed by atoms with van der Waals surface area (Å²) >= 11 is 5.94. The third-order valence-electron chi connectivity index (χ3n) is 3.47. The van der Waals surface area contributed by atoms with Gasteiger partial charge in [-0.05, 0) is 17.7 Å². The lowest BCUT2D eigenvalue weighted by Crippen LogP contribution is -2.47. The zero-order valence-electron chi connectivity index (χ0n) is 11.6. The molecule has 0 aromatic heterocycles. The Morgan fingerprint density at radius 2 is 1.90 bits per heavy atom. The average Bonchev–Trinajstić information content (AvgIpc) is 2.38. The van der Waals surface area contributed by atoms with Crippen molar-refractivity contribution in [2.45, 2.75) is 6.54 Å². The van der Waals surface area contributed by atoms with E-state index in [9.17, 15) is 13.2 Å². The SMILES string of the molecule is CS(=O)(=O)N1CCN(Cc2ccc(C(=O)O)c(Cl)c2)CC1. The standard InChI is InChI=1S/C13H17ClN2O4S/c1-21(19,20)16-6-4-15(5-7-16)9-10-2-3-11(13(17)18)12(14)8-10/h2-3,8H,4-7,9H2,1H3,(H,17,18). The number of hydrogen-bond donors (Lipinski definition) is 1. The molecular formula is C13H17ClN2O4S. The van der Waals surface area contributed by atoms with Gasteiger partial charge in [-0.25, -0.2) is 13.2 Å². The molecule has 1 N–H and O–H groups in total. The summed E-state index contributed by atoms with van der Waals surface area (Å²) in [7, 11) is -3.12. The van der Waals surface area contributed by atoms with Gasteiger partial charge in [-0.2, -0.15) is 4.31 Å². The van der Waals surface area contributed by atoms with Crippen molar-refractivity contribution < 1.29 is 18.3 Å². The van der Waals surface area contributed by atoms with E-state index >= 15 is 0 Å². The van der Waals surface area contributed by atoms with Gasteiger partial charge in [0, 0.05) is 32.7 Å². The van der Waals surface area contributed by atoms with Crippen LogP contribution in [0.2, 0.25) is 5.02 Å². The zero-order chi connectivity index (χ0) is 15.6. The average molecular weight is 333 g/mol. The highest BCUT2D eigenvalue weighted by Crippen LogP contribution is 2.19. The molecule has 1 aromatic carbocycles. The Morgan fingerprint density at radius 1 is 1.29 bits per heavy atom. The quantitative estimate of drug-likeness (QED) is 0.893. The van der Waals surface area contributed by atoms with Gasteiger partial charge in [0.15, 0.2) is 0 Å². The summed E-state index contributed by atoms with van der Waals surface area (Å²) in [5.41, 5.74) is 1.00. The molecule has 6 nitrogen and oxygen atoms in total. The third kappa shape index (κ3) is 4.16. The van der Waals surface area contributed by atoms with E-state index in [4.69, 9.17) is 16.7 Å². The highest BCUT2D eigenvalue weighted by atomic mass is 35.5. The molecule has 0 bridgehead atoms. The highest BCUT2D eigenvalue weighted by Gasteiger charge is 2.23. The fourth-order valence-corrected chi connectivity index (χ4v) is 3.42. The highest BCUT2D eigenvalue weighted by molar-refractivity contribution is 7.88. The molecule has 8 heteroatoms. The van der Waals surface area contributed by atoms with Crippen molar-refractivity contribution in [1.82, 2.24) is 9.21 Å². The van der Waals surface area contributed by atoms with Crippen molar-refractivity contribution in [1.29, 1.82) is 0 Å². The minimum atomic E-state index is -3.12. The van der Waals surface area contributed by atoms with E-state index in [1.165, 1.54) is 16.6 Å². The molecule has 0 spiro atoms. The monoisotopic (exact) mass is 332 g/mol. The van der Waals surface area contributed by atoms with Crippen LogP contribution in [0.15, 0.2) is 18.2 Å². The van der Waals surface area contributed by atoms with Crippen molar-refractivity contribution in [2.75, 3.05) is 32.4 Å². The molecule has 1 heterocycles. The van der Waals surface area contributed by atoms with Gasteiger partial charge in [-0.1, -0.05) is 17.7 Å². The summed E-state index contributed by atoms with van der Waals surface area (Å²) in [6.07, 6.45) is 1.22. The van der Waals surface area contributed by atoms with Crippen molar-refractivity contribution in [3.8, 4) is 0 Å². The Morgan fingerprint density at radius 3 is 2.38 bits per heavy atom. The van der Waals surface area contributed by atoms with Crippen LogP contribution in [-0.4, -0.2) is 61.1 Å². The fourth-order valence-electron chi connectivity index (χ4n) is 2.31. The maximum absolute atomic E-state index is 11.4. The van der Waals surface area contributed by atoms with E-state index in [0.717, 1.165) is 5.56 Å². The summed E-state index contributed by atoms with van der Waals surface area (Å²) in [6, 6.07) is 4.87. The second-order valence-electron chi connectivity index (χ2n) is 5.06. The van der Waals surface area contributed by atoms with Crippen LogP contribution in [0.1, 0.15) is 15.9 Å². The number of carboxylic acid groups (broad SMARTS) is 1. The molecule has 0 amide bonds. The molecule has 21 heavy (non-hydrogen) atoms. The first-order chi connectivity index (χ1) is 9.77. The predicted molar refractivity (Wildman–Crippen MR) is 80.1 cm³/mol. The van der Waals surface area contributed by atoms with E-state index in [1.54, 1.807) is 12.1 Å². The predicted octanol–water partition coefficient (Wildman–Crippen LogP) is 1.12. The number of nitrogens with zero attached hydrogens (tertiary/aromatic N) is 2. The van der Waals surface area contributed by atoms with Crippen molar-refractivity contribution in [2.24, 2.45) is 0 Å². The molecule has 1 saturated heterocycles. The van der Waals surface area contributed by atoms with Crippen LogP contribution < -0.4 is 0 Å². The Bertz CT molecular complexity index is 640. The van der Waals surface area contributed by atoms with Gasteiger partial charge in [0.1, 0.15) is 0 Å². The number of carbonyl (C=O) groups is 1. The molecule has 1 aliphatic heterocycles. The van der Waals surface area contributed by atoms with E-state index in [-0.39, 0.29) is 10.6 Å². The summed E-state index contributed by atoms with van der Waals surface area (Å²) in [5, 5.41) is 9.14. The van der Waals surface area contributed by atoms with Crippen molar-refractivity contribution in [3.05, 3.63) is 34.3 Å². The first kappa shape index (κ1) is 16.2. The van der Waals surface area contributed by atoms with E-state index in [1.807, 2.05) is 0 Å². The van der Waals surface area contributed by atoms with Gasteiger partial charge in [0.25, 0.3) is 0 Å². The molecule has 1 aliphatic rings. The van der Waals surface area contributed by atoms with Gasteiger partial charge < -0.3 is 5.11 Å². The van der Waals surface area contributed by atoms with Crippen LogP contribution in [-0.2, 0) is 16.6 Å². The molecule has 1 fully saturated rings. The Hall–Kier alpha value is -1.15. The van der Waals surface area contributed by atoms with Gasteiger partial charge in [0.2, 0.25) is 10.0 Å². The topological polar surface area (TPSA) is 77.9 Å². The van der Waals surface area contributed by atoms with Crippen LogP contribution >= 0.6 is 11.6 Å². The van der Waals surface area contributed by atoms with Gasteiger partial charge >= 0.3 is 5.97 Å². The zero-order valence-corrected chi connectivity index (χ0v) is 13.2.